The summed E-state index contributed by atoms with van der Waals surface area (Å²) in [5, 5.41) is 0.268. The second kappa shape index (κ2) is 3.66. The van der Waals surface area contributed by atoms with Gasteiger partial charge in [-0.25, -0.2) is 4.79 Å². The third-order valence-electron chi connectivity index (χ3n) is 2.23. The normalized spacial score (nSPS) is 10.8. The van der Waals surface area contributed by atoms with Crippen LogP contribution in [0, 0.1) is 0 Å². The van der Waals surface area contributed by atoms with E-state index in [-0.39, 0.29) is 11.1 Å². The summed E-state index contributed by atoms with van der Waals surface area (Å²) >= 11 is 3.10. The molecule has 1 aromatic carbocycles. The summed E-state index contributed by atoms with van der Waals surface area (Å²) in [5.41, 5.74) is 1.69. The fourth-order valence-corrected chi connectivity index (χ4v) is 1.70. The molecule has 15 heavy (non-hydrogen) atoms. The first kappa shape index (κ1) is 10.2. The molecule has 1 aromatic heterocycles. The summed E-state index contributed by atoms with van der Waals surface area (Å²) in [6.45, 7) is 0. The first-order chi connectivity index (χ1) is 7.13. The van der Waals surface area contributed by atoms with Gasteiger partial charge in [0.15, 0.2) is 11.4 Å². The largest absolute Gasteiger partial charge is 0.419 e. The molecule has 0 saturated carbocycles. The van der Waals surface area contributed by atoms with E-state index in [1.807, 2.05) is 0 Å². The number of hydrogen-bond acceptors (Lipinski definition) is 3. The molecule has 0 bridgehead atoms. The zero-order valence-electron chi connectivity index (χ0n) is 7.99. The van der Waals surface area contributed by atoms with E-state index in [1.165, 1.54) is 4.57 Å². The molecule has 0 atom stereocenters. The molecule has 0 radical (unpaired) electrons. The van der Waals surface area contributed by atoms with Gasteiger partial charge in [-0.2, -0.15) is 0 Å². The van der Waals surface area contributed by atoms with E-state index >= 15 is 0 Å². The Balaban J connectivity index is 2.69. The molecule has 0 aliphatic heterocycles. The molecule has 0 amide bonds. The third kappa shape index (κ3) is 1.63. The van der Waals surface area contributed by atoms with E-state index in [9.17, 15) is 9.59 Å². The standard InChI is InChI=1S/C10H8BrNO3/c1-12-7-4-6(8(13)5-11)2-3-9(7)15-10(12)14/h2-4H,5H2,1H3. The molecule has 0 aliphatic carbocycles. The molecule has 0 spiro atoms. The van der Waals surface area contributed by atoms with Crippen LogP contribution in [0.15, 0.2) is 27.4 Å². The van der Waals surface area contributed by atoms with E-state index in [0.717, 1.165) is 0 Å². The lowest BCUT2D eigenvalue weighted by Crippen LogP contribution is -2.08. The van der Waals surface area contributed by atoms with Crippen LogP contribution < -0.4 is 5.76 Å². The topological polar surface area (TPSA) is 52.2 Å². The summed E-state index contributed by atoms with van der Waals surface area (Å²) < 4.78 is 6.33. The lowest BCUT2D eigenvalue weighted by Gasteiger charge is -1.97. The van der Waals surface area contributed by atoms with E-state index < -0.39 is 5.76 Å². The lowest BCUT2D eigenvalue weighted by atomic mass is 10.1. The molecule has 1 heterocycles. The number of rotatable bonds is 2. The van der Waals surface area contributed by atoms with E-state index in [2.05, 4.69) is 15.9 Å². The van der Waals surface area contributed by atoms with Gasteiger partial charge >= 0.3 is 5.76 Å². The monoisotopic (exact) mass is 269 g/mol. The molecule has 5 heteroatoms. The highest BCUT2D eigenvalue weighted by Gasteiger charge is 2.09. The van der Waals surface area contributed by atoms with Gasteiger partial charge in [-0.05, 0) is 18.2 Å². The number of carbonyl (C=O) groups excluding carboxylic acids is 1. The molecule has 2 rings (SSSR count). The highest BCUT2D eigenvalue weighted by atomic mass is 79.9. The minimum atomic E-state index is -0.423. The van der Waals surface area contributed by atoms with Gasteiger partial charge in [-0.15, -0.1) is 0 Å². The number of carbonyl (C=O) groups is 1. The fourth-order valence-electron chi connectivity index (χ4n) is 1.38. The van der Waals surface area contributed by atoms with Crippen molar-refractivity contribution >= 4 is 32.8 Å². The number of fused-ring (bicyclic) bond motifs is 1. The Morgan fingerprint density at radius 2 is 2.27 bits per heavy atom. The first-order valence-electron chi connectivity index (χ1n) is 4.32. The van der Waals surface area contributed by atoms with Crippen LogP contribution in [0.3, 0.4) is 0 Å². The molecule has 2 aromatic rings. The molecular formula is C10H8BrNO3. The molecule has 0 saturated heterocycles. The van der Waals surface area contributed by atoms with Gasteiger partial charge in [0.1, 0.15) is 0 Å². The summed E-state index contributed by atoms with van der Waals surface area (Å²) in [7, 11) is 1.61. The van der Waals surface area contributed by atoms with Crippen molar-refractivity contribution in [2.45, 2.75) is 0 Å². The van der Waals surface area contributed by atoms with Crippen molar-refractivity contribution in [2.75, 3.05) is 5.33 Å². The number of nitrogens with zero attached hydrogens (tertiary/aromatic N) is 1. The summed E-state index contributed by atoms with van der Waals surface area (Å²) in [6, 6.07) is 4.94. The smallest absolute Gasteiger partial charge is 0.408 e. The van der Waals surface area contributed by atoms with Crippen molar-refractivity contribution in [1.82, 2.24) is 4.57 Å². The summed E-state index contributed by atoms with van der Waals surface area (Å²) in [5.74, 6) is -0.445. The second-order valence-electron chi connectivity index (χ2n) is 3.17. The molecule has 4 nitrogen and oxygen atoms in total. The number of ketones is 1. The van der Waals surface area contributed by atoms with Crippen LogP contribution in [0.4, 0.5) is 0 Å². The predicted molar refractivity (Wildman–Crippen MR) is 59.6 cm³/mol. The average molecular weight is 270 g/mol. The SMILES string of the molecule is Cn1c(=O)oc2ccc(C(=O)CBr)cc21. The zero-order chi connectivity index (χ0) is 11.0. The third-order valence-corrected chi connectivity index (χ3v) is 2.74. The molecular weight excluding hydrogens is 262 g/mol. The quantitative estimate of drug-likeness (QED) is 0.616. The Bertz CT molecular complexity index is 582. The van der Waals surface area contributed by atoms with Crippen molar-refractivity contribution in [2.24, 2.45) is 7.05 Å². The van der Waals surface area contributed by atoms with Crippen LogP contribution in [-0.2, 0) is 7.05 Å². The average Bonchev–Trinajstić information content (AvgIpc) is 2.54. The number of alkyl halides is 1. The Kier molecular flexibility index (Phi) is 2.48. The van der Waals surface area contributed by atoms with Crippen LogP contribution in [0.2, 0.25) is 0 Å². The van der Waals surface area contributed by atoms with Crippen molar-refractivity contribution in [3.05, 3.63) is 34.3 Å². The van der Waals surface area contributed by atoms with Gasteiger partial charge in [-0.3, -0.25) is 9.36 Å². The van der Waals surface area contributed by atoms with Gasteiger partial charge in [-0.1, -0.05) is 15.9 Å². The van der Waals surface area contributed by atoms with Crippen LogP contribution in [0.5, 0.6) is 0 Å². The molecule has 0 aliphatic rings. The van der Waals surface area contributed by atoms with Crippen LogP contribution >= 0.6 is 15.9 Å². The Morgan fingerprint density at radius 3 is 2.93 bits per heavy atom. The molecule has 78 valence electrons. The van der Waals surface area contributed by atoms with Gasteiger partial charge < -0.3 is 4.42 Å². The number of oxazole rings is 1. The predicted octanol–water partition coefficient (Wildman–Crippen LogP) is 1.71. The number of Topliss-reactive ketones (excluding diaryl/α,β-unsaturated/α-hetero) is 1. The highest BCUT2D eigenvalue weighted by Crippen LogP contribution is 2.15. The van der Waals surface area contributed by atoms with E-state index in [4.69, 9.17) is 4.42 Å². The first-order valence-corrected chi connectivity index (χ1v) is 5.44. The van der Waals surface area contributed by atoms with E-state index in [1.54, 1.807) is 25.2 Å². The van der Waals surface area contributed by atoms with Crippen molar-refractivity contribution in [1.29, 1.82) is 0 Å². The van der Waals surface area contributed by atoms with Gasteiger partial charge in [0, 0.05) is 12.6 Å². The van der Waals surface area contributed by atoms with Crippen LogP contribution in [0.1, 0.15) is 10.4 Å². The van der Waals surface area contributed by atoms with Crippen molar-refractivity contribution in [3.8, 4) is 0 Å². The maximum Gasteiger partial charge on any atom is 0.419 e. The minimum absolute atomic E-state index is 0.0226. The summed E-state index contributed by atoms with van der Waals surface area (Å²) in [4.78, 5) is 22.6. The van der Waals surface area contributed by atoms with Crippen LogP contribution in [-0.4, -0.2) is 15.7 Å². The van der Waals surface area contributed by atoms with Crippen molar-refractivity contribution in [3.63, 3.8) is 0 Å². The Morgan fingerprint density at radius 1 is 1.53 bits per heavy atom. The lowest BCUT2D eigenvalue weighted by molar-refractivity contribution is 0.102. The number of aromatic nitrogens is 1. The molecule has 0 N–H and O–H groups in total. The highest BCUT2D eigenvalue weighted by molar-refractivity contribution is 9.09. The number of hydrogen-bond donors (Lipinski definition) is 0. The van der Waals surface area contributed by atoms with E-state index in [0.29, 0.717) is 16.7 Å². The van der Waals surface area contributed by atoms with Gasteiger partial charge in [0.2, 0.25) is 0 Å². The van der Waals surface area contributed by atoms with Crippen molar-refractivity contribution < 1.29 is 9.21 Å². The van der Waals surface area contributed by atoms with Gasteiger partial charge in [0.05, 0.1) is 10.8 Å². The maximum absolute atomic E-state index is 11.4. The number of aryl methyl sites for hydroxylation is 1. The fraction of sp³-hybridized carbons (Fsp3) is 0.200. The second-order valence-corrected chi connectivity index (χ2v) is 3.73. The Labute approximate surface area is 93.6 Å². The Hall–Kier alpha value is -1.36. The zero-order valence-corrected chi connectivity index (χ0v) is 9.58. The summed E-state index contributed by atoms with van der Waals surface area (Å²) in [6.07, 6.45) is 0. The van der Waals surface area contributed by atoms with Gasteiger partial charge in [0.25, 0.3) is 0 Å². The number of halogens is 1. The minimum Gasteiger partial charge on any atom is -0.408 e. The maximum atomic E-state index is 11.4. The molecule has 0 unspecified atom stereocenters. The number of benzene rings is 1. The molecule has 0 fully saturated rings. The van der Waals surface area contributed by atoms with Crippen LogP contribution in [0.25, 0.3) is 11.1 Å².